The van der Waals surface area contributed by atoms with Crippen LogP contribution >= 0.6 is 11.6 Å². The van der Waals surface area contributed by atoms with Crippen LogP contribution < -0.4 is 11.1 Å². The van der Waals surface area contributed by atoms with Crippen LogP contribution in [-0.4, -0.2) is 27.7 Å². The van der Waals surface area contributed by atoms with Crippen LogP contribution in [0.3, 0.4) is 0 Å². The van der Waals surface area contributed by atoms with Gasteiger partial charge in [0.15, 0.2) is 0 Å². The molecule has 0 unspecified atom stereocenters. The second-order valence-corrected chi connectivity index (χ2v) is 4.19. The lowest BCUT2D eigenvalue weighted by Gasteiger charge is -2.31. The van der Waals surface area contributed by atoms with Crippen LogP contribution in [0.25, 0.3) is 0 Å². The van der Waals surface area contributed by atoms with Gasteiger partial charge in [-0.2, -0.15) is 4.98 Å². The van der Waals surface area contributed by atoms with Crippen molar-refractivity contribution in [2.75, 3.05) is 17.6 Å². The number of nitrogens with one attached hydrogen (secondary N) is 1. The fraction of sp³-hybridized carbons (Fsp3) is 0.556. The van der Waals surface area contributed by atoms with Crippen LogP contribution in [0, 0.1) is 5.92 Å². The summed E-state index contributed by atoms with van der Waals surface area (Å²) in [6.07, 6.45) is 1.57. The molecule has 0 radical (unpaired) electrons. The third kappa shape index (κ3) is 2.70. The molecule has 2 rings (SSSR count). The van der Waals surface area contributed by atoms with Gasteiger partial charge in [-0.3, -0.25) is 0 Å². The Kier molecular flexibility index (Phi) is 2.93. The lowest BCUT2D eigenvalue weighted by atomic mass is 9.82. The third-order valence-corrected chi connectivity index (χ3v) is 2.69. The summed E-state index contributed by atoms with van der Waals surface area (Å²) in [5.74, 6) is 1.31. The Bertz CT molecular complexity index is 334. The largest absolute Gasteiger partial charge is 0.393 e. The van der Waals surface area contributed by atoms with Crippen molar-refractivity contribution < 1.29 is 5.11 Å². The van der Waals surface area contributed by atoms with E-state index in [0.29, 0.717) is 16.9 Å². The molecule has 15 heavy (non-hydrogen) atoms. The van der Waals surface area contributed by atoms with Crippen molar-refractivity contribution in [2.24, 2.45) is 5.92 Å². The van der Waals surface area contributed by atoms with E-state index in [4.69, 9.17) is 22.4 Å². The van der Waals surface area contributed by atoms with Crippen molar-refractivity contribution in [1.29, 1.82) is 0 Å². The highest BCUT2D eigenvalue weighted by molar-refractivity contribution is 6.29. The summed E-state index contributed by atoms with van der Waals surface area (Å²) in [7, 11) is 0. The van der Waals surface area contributed by atoms with Crippen LogP contribution in [0.15, 0.2) is 6.07 Å². The van der Waals surface area contributed by atoms with Gasteiger partial charge in [-0.05, 0) is 18.8 Å². The summed E-state index contributed by atoms with van der Waals surface area (Å²) in [6, 6.07) is 1.63. The molecule has 0 atom stereocenters. The topological polar surface area (TPSA) is 84.1 Å². The van der Waals surface area contributed by atoms with Gasteiger partial charge in [0, 0.05) is 12.6 Å². The zero-order valence-electron chi connectivity index (χ0n) is 8.15. The maximum Gasteiger partial charge on any atom is 0.223 e. The minimum absolute atomic E-state index is 0.129. The molecule has 1 saturated carbocycles. The molecule has 5 nitrogen and oxygen atoms in total. The molecule has 0 amide bonds. The maximum atomic E-state index is 9.11. The van der Waals surface area contributed by atoms with Gasteiger partial charge in [0.1, 0.15) is 11.0 Å². The monoisotopic (exact) mass is 228 g/mol. The lowest BCUT2D eigenvalue weighted by molar-refractivity contribution is 0.0486. The van der Waals surface area contributed by atoms with E-state index in [9.17, 15) is 0 Å². The van der Waals surface area contributed by atoms with E-state index in [2.05, 4.69) is 15.3 Å². The molecular formula is C9H13ClN4O. The first kappa shape index (κ1) is 10.4. The summed E-state index contributed by atoms with van der Waals surface area (Å²) >= 11 is 5.73. The molecule has 4 N–H and O–H groups in total. The Hall–Kier alpha value is -1.07. The smallest absolute Gasteiger partial charge is 0.223 e. The van der Waals surface area contributed by atoms with E-state index in [1.54, 1.807) is 6.07 Å². The van der Waals surface area contributed by atoms with E-state index < -0.39 is 0 Å². The summed E-state index contributed by atoms with van der Waals surface area (Å²) in [5, 5.41) is 12.6. The number of aliphatic hydroxyl groups excluding tert-OH is 1. The predicted octanol–water partition coefficient (Wildman–Crippen LogP) is 0.895. The number of hydrogen-bond donors (Lipinski definition) is 3. The molecule has 1 aliphatic carbocycles. The van der Waals surface area contributed by atoms with E-state index in [-0.39, 0.29) is 12.1 Å². The Balaban J connectivity index is 1.88. The van der Waals surface area contributed by atoms with Crippen LogP contribution in [0.1, 0.15) is 12.8 Å². The molecule has 1 heterocycles. The van der Waals surface area contributed by atoms with Crippen LogP contribution in [0.4, 0.5) is 11.8 Å². The molecule has 1 aromatic heterocycles. The fourth-order valence-electron chi connectivity index (χ4n) is 1.64. The van der Waals surface area contributed by atoms with Crippen molar-refractivity contribution in [3.8, 4) is 0 Å². The van der Waals surface area contributed by atoms with E-state index in [1.165, 1.54) is 0 Å². The van der Waals surface area contributed by atoms with E-state index >= 15 is 0 Å². The number of anilines is 2. The molecule has 6 heteroatoms. The zero-order chi connectivity index (χ0) is 10.8. The maximum absolute atomic E-state index is 9.11. The SMILES string of the molecule is Nc1nc(Cl)cc(NCC2CC(O)C2)n1. The molecule has 0 spiro atoms. The number of nitrogen functional groups attached to an aromatic ring is 1. The minimum Gasteiger partial charge on any atom is -0.393 e. The number of hydrogen-bond acceptors (Lipinski definition) is 5. The highest BCUT2D eigenvalue weighted by Gasteiger charge is 2.26. The molecular weight excluding hydrogens is 216 g/mol. The first-order chi connectivity index (χ1) is 7.13. The van der Waals surface area contributed by atoms with Crippen molar-refractivity contribution in [3.63, 3.8) is 0 Å². The van der Waals surface area contributed by atoms with Crippen molar-refractivity contribution in [1.82, 2.24) is 9.97 Å². The number of rotatable bonds is 3. The number of aromatic nitrogens is 2. The van der Waals surface area contributed by atoms with Crippen LogP contribution in [0.2, 0.25) is 5.15 Å². The molecule has 0 bridgehead atoms. The number of halogens is 1. The van der Waals surface area contributed by atoms with E-state index in [0.717, 1.165) is 19.4 Å². The third-order valence-electron chi connectivity index (χ3n) is 2.49. The fourth-order valence-corrected chi connectivity index (χ4v) is 1.83. The molecule has 1 aromatic rings. The van der Waals surface area contributed by atoms with Crippen LogP contribution in [-0.2, 0) is 0 Å². The normalized spacial score (nSPS) is 24.7. The summed E-state index contributed by atoms with van der Waals surface area (Å²) < 4.78 is 0. The minimum atomic E-state index is -0.129. The van der Waals surface area contributed by atoms with Gasteiger partial charge in [-0.15, -0.1) is 0 Å². The standard InChI is InChI=1S/C9H13ClN4O/c10-7-3-8(14-9(11)13-7)12-4-5-1-6(15)2-5/h3,5-6,15H,1-2,4H2,(H3,11,12,13,14). The van der Waals surface area contributed by atoms with Gasteiger partial charge in [0.05, 0.1) is 6.10 Å². The van der Waals surface area contributed by atoms with Gasteiger partial charge in [0.25, 0.3) is 0 Å². The van der Waals surface area contributed by atoms with Gasteiger partial charge in [-0.1, -0.05) is 11.6 Å². The van der Waals surface area contributed by atoms with Crippen molar-refractivity contribution >= 4 is 23.4 Å². The van der Waals surface area contributed by atoms with Crippen LogP contribution in [0.5, 0.6) is 0 Å². The van der Waals surface area contributed by atoms with E-state index in [1.807, 2.05) is 0 Å². The first-order valence-electron chi connectivity index (χ1n) is 4.85. The van der Waals surface area contributed by atoms with Gasteiger partial charge < -0.3 is 16.2 Å². The summed E-state index contributed by atoms with van der Waals surface area (Å²) in [6.45, 7) is 0.782. The molecule has 1 aliphatic rings. The predicted molar refractivity (Wildman–Crippen MR) is 58.7 cm³/mol. The Morgan fingerprint density at radius 2 is 2.27 bits per heavy atom. The van der Waals surface area contributed by atoms with Gasteiger partial charge in [0.2, 0.25) is 5.95 Å². The zero-order valence-corrected chi connectivity index (χ0v) is 8.91. The second-order valence-electron chi connectivity index (χ2n) is 3.81. The second kappa shape index (κ2) is 4.20. The lowest BCUT2D eigenvalue weighted by Crippen LogP contribution is -2.33. The number of nitrogens with zero attached hydrogens (tertiary/aromatic N) is 2. The Labute approximate surface area is 92.7 Å². The number of nitrogens with two attached hydrogens (primary N) is 1. The van der Waals surface area contributed by atoms with Gasteiger partial charge >= 0.3 is 0 Å². The number of aliphatic hydroxyl groups is 1. The molecule has 0 saturated heterocycles. The Morgan fingerprint density at radius 1 is 1.53 bits per heavy atom. The first-order valence-corrected chi connectivity index (χ1v) is 5.23. The summed E-state index contributed by atoms with van der Waals surface area (Å²) in [4.78, 5) is 7.75. The molecule has 82 valence electrons. The van der Waals surface area contributed by atoms with Crippen molar-refractivity contribution in [2.45, 2.75) is 18.9 Å². The molecule has 0 aromatic carbocycles. The summed E-state index contributed by atoms with van der Waals surface area (Å²) in [5.41, 5.74) is 5.45. The molecule has 0 aliphatic heterocycles. The molecule has 1 fully saturated rings. The highest BCUT2D eigenvalue weighted by atomic mass is 35.5. The van der Waals surface area contributed by atoms with Crippen molar-refractivity contribution in [3.05, 3.63) is 11.2 Å². The highest BCUT2D eigenvalue weighted by Crippen LogP contribution is 2.27. The van der Waals surface area contributed by atoms with Gasteiger partial charge in [-0.25, -0.2) is 4.98 Å². The quantitative estimate of drug-likeness (QED) is 0.670. The Morgan fingerprint density at radius 3 is 2.87 bits per heavy atom. The average Bonchev–Trinajstić information content (AvgIpc) is 2.09. The average molecular weight is 229 g/mol.